The minimum absolute atomic E-state index is 0. The van der Waals surface area contributed by atoms with Crippen LogP contribution in [0.5, 0.6) is 0 Å². The molecule has 0 aromatic heterocycles. The van der Waals surface area contributed by atoms with Gasteiger partial charge in [-0.15, -0.1) is 6.54 Å². The summed E-state index contributed by atoms with van der Waals surface area (Å²) in [6.07, 6.45) is 4.49. The topological polar surface area (TPSA) is 49.2 Å². The Balaban J connectivity index is -0.000000405. The molecule has 0 aliphatic rings. The Morgan fingerprint density at radius 2 is 1.67 bits per heavy atom. The molecule has 0 heterocycles. The number of hydroxylamine groups is 1. The van der Waals surface area contributed by atoms with Gasteiger partial charge in [-0.25, -0.2) is 0 Å². The average molecular weight is 222 g/mol. The summed E-state index contributed by atoms with van der Waals surface area (Å²) >= 11 is 0. The molecule has 3 nitrogen and oxygen atoms in total. The first kappa shape index (κ1) is 20.6. The predicted octanol–water partition coefficient (Wildman–Crippen LogP) is -4.35. The third kappa shape index (κ3) is 18.8. The molecule has 0 aromatic rings. The van der Waals surface area contributed by atoms with Crippen LogP contribution < -0.4 is 108 Å². The summed E-state index contributed by atoms with van der Waals surface area (Å²) in [6.45, 7) is 1.56. The summed E-state index contributed by atoms with van der Waals surface area (Å²) in [5.74, 6) is 0. The van der Waals surface area contributed by atoms with Gasteiger partial charge in [-0.05, 0) is 13.0 Å². The second kappa shape index (κ2) is 19.7. The molecule has 12 heavy (non-hydrogen) atoms. The van der Waals surface area contributed by atoms with Crippen LogP contribution >= 0.6 is 0 Å². The second-order valence-corrected chi connectivity index (χ2v) is 2.35. The summed E-state index contributed by atoms with van der Waals surface area (Å²) < 4.78 is 0. The van der Waals surface area contributed by atoms with E-state index in [2.05, 4.69) is 5.32 Å². The van der Waals surface area contributed by atoms with Crippen molar-refractivity contribution in [3.8, 4) is 0 Å². The number of nitrogens with zero attached hydrogens (tertiary/aromatic N) is 1. The summed E-state index contributed by atoms with van der Waals surface area (Å²) in [5, 5.41) is 13.7. The number of hydrogen-bond donors (Lipinski definition) is 1. The van der Waals surface area contributed by atoms with Crippen LogP contribution in [0.2, 0.25) is 0 Å². The van der Waals surface area contributed by atoms with Gasteiger partial charge < -0.3 is 16.0 Å². The number of hydrogen-bond acceptors (Lipinski definition) is 2. The number of nitrogens with one attached hydrogen (secondary N) is 1. The maximum atomic E-state index is 9.75. The van der Waals surface area contributed by atoms with E-state index in [4.69, 9.17) is 0 Å². The van der Waals surface area contributed by atoms with Crippen molar-refractivity contribution in [1.29, 1.82) is 0 Å². The van der Waals surface area contributed by atoms with E-state index in [1.54, 1.807) is 0 Å². The van der Waals surface area contributed by atoms with Gasteiger partial charge in [-0.3, -0.25) is 0 Å². The van der Waals surface area contributed by atoms with E-state index in [0.29, 0.717) is 6.54 Å². The van der Waals surface area contributed by atoms with Crippen LogP contribution in [0.25, 0.3) is 5.32 Å². The maximum Gasteiger partial charge on any atom is 1.00 e. The van der Waals surface area contributed by atoms with Crippen molar-refractivity contribution in [1.82, 2.24) is 5.48 Å². The summed E-state index contributed by atoms with van der Waals surface area (Å²) in [4.78, 5) is 0. The predicted molar refractivity (Wildman–Crippen MR) is 44.0 cm³/mol. The zero-order valence-electron chi connectivity index (χ0n) is 8.60. The van der Waals surface area contributed by atoms with Gasteiger partial charge in [0.05, 0.1) is 0 Å². The molecule has 0 aromatic carbocycles. The Bertz CT molecular complexity index is 59.4. The van der Waals surface area contributed by atoms with Gasteiger partial charge >= 0.3 is 103 Å². The van der Waals surface area contributed by atoms with Gasteiger partial charge in [0.2, 0.25) is 0 Å². The van der Waals surface area contributed by atoms with E-state index in [-0.39, 0.29) is 103 Å². The van der Waals surface area contributed by atoms with Crippen LogP contribution in [-0.4, -0.2) is 20.1 Å². The van der Waals surface area contributed by atoms with E-state index < -0.39 is 0 Å². The molecule has 0 saturated heterocycles. The van der Waals surface area contributed by atoms with E-state index in [1.165, 1.54) is 6.42 Å². The fourth-order valence-corrected chi connectivity index (χ4v) is 0.821. The van der Waals surface area contributed by atoms with Crippen LogP contribution in [-0.2, 0) is 0 Å². The van der Waals surface area contributed by atoms with Crippen LogP contribution in [0, 0.1) is 5.21 Å². The third-order valence-electron chi connectivity index (χ3n) is 1.41. The molecule has 0 rings (SSSR count). The second-order valence-electron chi connectivity index (χ2n) is 2.35. The number of rotatable bonds is 7. The molecule has 0 fully saturated rings. The Labute approximate surface area is 161 Å². The van der Waals surface area contributed by atoms with Gasteiger partial charge in [0.15, 0.2) is 0 Å². The Hall–Kier alpha value is 3.15. The Morgan fingerprint density at radius 3 is 2.17 bits per heavy atom. The van der Waals surface area contributed by atoms with Crippen molar-refractivity contribution in [3.63, 3.8) is 0 Å². The first-order valence-corrected chi connectivity index (χ1v) is 3.82. The van der Waals surface area contributed by atoms with E-state index >= 15 is 0 Å². The molecule has 0 atom stereocenters. The average Bonchev–Trinajstić information content (AvgIpc) is 1.97. The molecule has 62 valence electrons. The summed E-state index contributed by atoms with van der Waals surface area (Å²) in [6, 6.07) is 0. The van der Waals surface area contributed by atoms with Crippen LogP contribution in [0.15, 0.2) is 0 Å². The molecule has 5 heteroatoms. The molecule has 0 bridgehead atoms. The SMILES string of the molecule is C[N-]CCCCCCN[O-].[K+].[K+]. The van der Waals surface area contributed by atoms with Crippen LogP contribution in [0.4, 0.5) is 0 Å². The van der Waals surface area contributed by atoms with Crippen LogP contribution in [0.3, 0.4) is 0 Å². The first-order valence-electron chi connectivity index (χ1n) is 3.82. The van der Waals surface area contributed by atoms with Crippen molar-refractivity contribution in [3.05, 3.63) is 10.5 Å². The van der Waals surface area contributed by atoms with Crippen molar-refractivity contribution in [2.75, 3.05) is 20.1 Å². The maximum absolute atomic E-state index is 9.75. The molecule has 0 spiro atoms. The monoisotopic (exact) mass is 222 g/mol. The molecular formula is C7H16K2N2O. The summed E-state index contributed by atoms with van der Waals surface area (Å²) in [7, 11) is 1.83. The van der Waals surface area contributed by atoms with E-state index in [1.807, 2.05) is 12.5 Å². The smallest absolute Gasteiger partial charge is 0.788 e. The van der Waals surface area contributed by atoms with E-state index in [0.717, 1.165) is 25.8 Å². The zero-order valence-corrected chi connectivity index (χ0v) is 14.8. The van der Waals surface area contributed by atoms with Crippen molar-refractivity contribution < 1.29 is 103 Å². The molecule has 0 saturated carbocycles. The van der Waals surface area contributed by atoms with Crippen molar-refractivity contribution >= 4 is 0 Å². The fourth-order valence-electron chi connectivity index (χ4n) is 0.821. The molecule has 0 aliphatic carbocycles. The normalized spacial score (nSPS) is 8.50. The quantitative estimate of drug-likeness (QED) is 0.269. The summed E-state index contributed by atoms with van der Waals surface area (Å²) in [5.41, 5.74) is 1.89. The largest absolute Gasteiger partial charge is 1.00 e. The molecule has 1 N–H and O–H groups in total. The van der Waals surface area contributed by atoms with Crippen molar-refractivity contribution in [2.24, 2.45) is 0 Å². The molecule has 0 unspecified atom stereocenters. The van der Waals surface area contributed by atoms with Gasteiger partial charge in [-0.1, -0.05) is 19.3 Å². The molecule has 0 amide bonds. The first-order chi connectivity index (χ1) is 4.91. The van der Waals surface area contributed by atoms with E-state index in [9.17, 15) is 5.21 Å². The zero-order chi connectivity index (χ0) is 7.66. The van der Waals surface area contributed by atoms with Gasteiger partial charge in [0.1, 0.15) is 0 Å². The molecular weight excluding hydrogens is 206 g/mol. The Morgan fingerprint density at radius 1 is 1.08 bits per heavy atom. The van der Waals surface area contributed by atoms with Gasteiger partial charge in [-0.2, -0.15) is 7.05 Å². The molecule has 0 radical (unpaired) electrons. The third-order valence-corrected chi connectivity index (χ3v) is 1.41. The molecule has 0 aliphatic heterocycles. The minimum atomic E-state index is 0. The van der Waals surface area contributed by atoms with Crippen LogP contribution in [0.1, 0.15) is 25.7 Å². The minimum Gasteiger partial charge on any atom is -0.788 e. The fraction of sp³-hybridized carbons (Fsp3) is 1.00. The Kier molecular flexibility index (Phi) is 33.7. The van der Waals surface area contributed by atoms with Crippen molar-refractivity contribution in [2.45, 2.75) is 25.7 Å². The van der Waals surface area contributed by atoms with Gasteiger partial charge in [0.25, 0.3) is 0 Å². The van der Waals surface area contributed by atoms with Gasteiger partial charge in [0, 0.05) is 0 Å². The number of unbranched alkanes of at least 4 members (excludes halogenated alkanes) is 3. The standard InChI is InChI=1S/C7H16N2O.2K/c1-8-6-4-2-3-5-7-9-10;;/h9H,2-7H2,1H3;;/q-2;2*+1.